The van der Waals surface area contributed by atoms with E-state index in [1.807, 2.05) is 13.8 Å². The molecule has 1 saturated carbocycles. The van der Waals surface area contributed by atoms with Crippen LogP contribution in [-0.2, 0) is 19.1 Å². The highest BCUT2D eigenvalue weighted by atomic mass is 16.6. The minimum absolute atomic E-state index is 0.0230. The van der Waals surface area contributed by atoms with Gasteiger partial charge in [-0.05, 0) is 19.8 Å². The summed E-state index contributed by atoms with van der Waals surface area (Å²) in [5, 5.41) is 0. The number of carbonyl (C=O) groups is 2. The molecule has 0 aromatic heterocycles. The van der Waals surface area contributed by atoms with E-state index in [2.05, 4.69) is 6.58 Å². The molecular formula is C14H22O4. The number of hydrogen-bond donors (Lipinski definition) is 0. The Morgan fingerprint density at radius 3 is 2.78 bits per heavy atom. The molecule has 2 rings (SSSR count). The maximum atomic E-state index is 11.5. The van der Waals surface area contributed by atoms with Crippen molar-refractivity contribution in [2.75, 3.05) is 0 Å². The van der Waals surface area contributed by atoms with Crippen LogP contribution in [0.5, 0.6) is 0 Å². The van der Waals surface area contributed by atoms with Crippen LogP contribution < -0.4 is 0 Å². The zero-order valence-corrected chi connectivity index (χ0v) is 11.3. The van der Waals surface area contributed by atoms with Gasteiger partial charge in [-0.3, -0.25) is 4.79 Å². The number of ether oxygens (including phenoxy) is 2. The van der Waals surface area contributed by atoms with Crippen molar-refractivity contribution >= 4 is 11.9 Å². The number of rotatable bonds is 3. The molecule has 0 radical (unpaired) electrons. The Morgan fingerprint density at radius 1 is 1.50 bits per heavy atom. The Balaban J connectivity index is 0.000000771. The third kappa shape index (κ3) is 2.92. The van der Waals surface area contributed by atoms with Gasteiger partial charge < -0.3 is 9.47 Å². The summed E-state index contributed by atoms with van der Waals surface area (Å²) in [6.07, 6.45) is 3.41. The van der Waals surface area contributed by atoms with Crippen molar-refractivity contribution in [3.63, 3.8) is 0 Å². The highest BCUT2D eigenvalue weighted by Gasteiger charge is 2.49. The van der Waals surface area contributed by atoms with Crippen LogP contribution >= 0.6 is 0 Å². The van der Waals surface area contributed by atoms with Crippen molar-refractivity contribution in [1.82, 2.24) is 0 Å². The molecule has 1 aliphatic heterocycles. The first-order valence-corrected chi connectivity index (χ1v) is 6.67. The van der Waals surface area contributed by atoms with Gasteiger partial charge in [-0.25, -0.2) is 4.79 Å². The molecule has 2 aliphatic rings. The van der Waals surface area contributed by atoms with Gasteiger partial charge in [-0.2, -0.15) is 0 Å². The maximum absolute atomic E-state index is 11.5. The first-order valence-electron chi connectivity index (χ1n) is 6.67. The summed E-state index contributed by atoms with van der Waals surface area (Å²) in [5.41, 5.74) is 0. The zero-order chi connectivity index (χ0) is 13.7. The summed E-state index contributed by atoms with van der Waals surface area (Å²) in [6.45, 7) is 9.10. The molecule has 0 bridgehead atoms. The van der Waals surface area contributed by atoms with Crippen LogP contribution in [0.2, 0.25) is 0 Å². The fourth-order valence-electron chi connectivity index (χ4n) is 2.73. The Hall–Kier alpha value is -1.32. The van der Waals surface area contributed by atoms with Gasteiger partial charge in [-0.15, -0.1) is 0 Å². The predicted molar refractivity (Wildman–Crippen MR) is 67.8 cm³/mol. The van der Waals surface area contributed by atoms with Gasteiger partial charge in [0.25, 0.3) is 0 Å². The van der Waals surface area contributed by atoms with Crippen LogP contribution in [-0.4, -0.2) is 24.1 Å². The van der Waals surface area contributed by atoms with E-state index < -0.39 is 5.97 Å². The molecule has 4 atom stereocenters. The monoisotopic (exact) mass is 254 g/mol. The first-order chi connectivity index (χ1) is 8.63. The number of hydrogen-bond acceptors (Lipinski definition) is 4. The highest BCUT2D eigenvalue weighted by Crippen LogP contribution is 2.42. The quantitative estimate of drug-likeness (QED) is 0.573. The van der Waals surface area contributed by atoms with Gasteiger partial charge in [0.2, 0.25) is 0 Å². The first kappa shape index (κ1) is 14.7. The topological polar surface area (TPSA) is 52.6 Å². The van der Waals surface area contributed by atoms with E-state index in [-0.39, 0.29) is 30.0 Å². The van der Waals surface area contributed by atoms with Crippen molar-refractivity contribution in [2.24, 2.45) is 11.8 Å². The van der Waals surface area contributed by atoms with E-state index in [4.69, 9.17) is 9.47 Å². The lowest BCUT2D eigenvalue weighted by Gasteiger charge is -2.22. The van der Waals surface area contributed by atoms with Gasteiger partial charge >= 0.3 is 11.9 Å². The third-order valence-electron chi connectivity index (χ3n) is 3.48. The average molecular weight is 254 g/mol. The molecule has 1 saturated heterocycles. The van der Waals surface area contributed by atoms with E-state index in [1.54, 1.807) is 6.92 Å². The Labute approximate surface area is 108 Å². The number of carbonyl (C=O) groups excluding carboxylic acids is 2. The van der Waals surface area contributed by atoms with Crippen LogP contribution in [0.25, 0.3) is 0 Å². The minimum Gasteiger partial charge on any atom is -0.458 e. The molecule has 0 amide bonds. The number of fused-ring (bicyclic) bond motifs is 1. The van der Waals surface area contributed by atoms with E-state index in [9.17, 15) is 9.59 Å². The standard InChI is InChI=1S/C12H16O4.C2H6/c1-3-10(13)15-7(2)11-8-5-4-6-9(8)12(14)16-11;1-2/h3,7-9,11H,1,4-6H2,2H3;1-2H3. The molecule has 0 spiro atoms. The molecule has 1 heterocycles. The van der Waals surface area contributed by atoms with Crippen molar-refractivity contribution in [1.29, 1.82) is 0 Å². The second-order valence-corrected chi connectivity index (χ2v) is 4.45. The van der Waals surface area contributed by atoms with Crippen LogP contribution in [0.1, 0.15) is 40.0 Å². The molecule has 4 heteroatoms. The van der Waals surface area contributed by atoms with Gasteiger partial charge in [-0.1, -0.05) is 26.8 Å². The smallest absolute Gasteiger partial charge is 0.330 e. The summed E-state index contributed by atoms with van der Waals surface area (Å²) in [6, 6.07) is 0. The van der Waals surface area contributed by atoms with Crippen molar-refractivity contribution in [3.05, 3.63) is 12.7 Å². The fraction of sp³-hybridized carbons (Fsp3) is 0.714. The molecule has 2 fully saturated rings. The lowest BCUT2D eigenvalue weighted by atomic mass is 9.91. The summed E-state index contributed by atoms with van der Waals surface area (Å²) in [5.74, 6) is -0.353. The minimum atomic E-state index is -0.468. The number of cyclic esters (lactones) is 1. The van der Waals surface area contributed by atoms with Gasteiger partial charge in [0.15, 0.2) is 0 Å². The van der Waals surface area contributed by atoms with Gasteiger partial charge in [0, 0.05) is 12.0 Å². The summed E-state index contributed by atoms with van der Waals surface area (Å²) in [4.78, 5) is 22.6. The fourth-order valence-corrected chi connectivity index (χ4v) is 2.73. The molecular weight excluding hydrogens is 232 g/mol. The molecule has 4 unspecified atom stereocenters. The molecule has 0 aromatic carbocycles. The SMILES string of the molecule is C=CC(=O)OC(C)C1OC(=O)C2CCCC21.CC. The van der Waals surface area contributed by atoms with Crippen LogP contribution in [0.4, 0.5) is 0 Å². The second-order valence-electron chi connectivity index (χ2n) is 4.45. The van der Waals surface area contributed by atoms with Crippen molar-refractivity contribution in [2.45, 2.75) is 52.2 Å². The molecule has 1 aliphatic carbocycles. The second kappa shape index (κ2) is 6.57. The zero-order valence-electron chi connectivity index (χ0n) is 11.3. The Kier molecular flexibility index (Phi) is 5.38. The summed E-state index contributed by atoms with van der Waals surface area (Å²) in [7, 11) is 0. The normalized spacial score (nSPS) is 30.6. The molecule has 0 N–H and O–H groups in total. The van der Waals surface area contributed by atoms with Gasteiger partial charge in [0.1, 0.15) is 12.2 Å². The lowest BCUT2D eigenvalue weighted by Crippen LogP contribution is -2.32. The molecule has 18 heavy (non-hydrogen) atoms. The Morgan fingerprint density at radius 2 is 2.17 bits per heavy atom. The summed E-state index contributed by atoms with van der Waals surface area (Å²) >= 11 is 0. The third-order valence-corrected chi connectivity index (χ3v) is 3.48. The van der Waals surface area contributed by atoms with Crippen molar-refractivity contribution < 1.29 is 19.1 Å². The molecule has 4 nitrogen and oxygen atoms in total. The molecule has 102 valence electrons. The Bertz CT molecular complexity index is 324. The average Bonchev–Trinajstić information content (AvgIpc) is 2.96. The summed E-state index contributed by atoms with van der Waals surface area (Å²) < 4.78 is 10.4. The van der Waals surface area contributed by atoms with E-state index >= 15 is 0 Å². The molecule has 0 aromatic rings. The lowest BCUT2D eigenvalue weighted by molar-refractivity contribution is -0.158. The van der Waals surface area contributed by atoms with Crippen LogP contribution in [0.15, 0.2) is 12.7 Å². The largest absolute Gasteiger partial charge is 0.458 e. The maximum Gasteiger partial charge on any atom is 0.330 e. The van der Waals surface area contributed by atoms with Gasteiger partial charge in [0.05, 0.1) is 5.92 Å². The van der Waals surface area contributed by atoms with E-state index in [1.165, 1.54) is 0 Å². The van der Waals surface area contributed by atoms with Crippen LogP contribution in [0, 0.1) is 11.8 Å². The van der Waals surface area contributed by atoms with Crippen molar-refractivity contribution in [3.8, 4) is 0 Å². The highest BCUT2D eigenvalue weighted by molar-refractivity contribution is 5.81. The van der Waals surface area contributed by atoms with Crippen LogP contribution in [0.3, 0.4) is 0 Å². The predicted octanol–water partition coefficient (Wildman–Crippen LogP) is 2.47. The number of esters is 2. The van der Waals surface area contributed by atoms with E-state index in [0.29, 0.717) is 0 Å². The van der Waals surface area contributed by atoms with E-state index in [0.717, 1.165) is 25.3 Å².